The van der Waals surface area contributed by atoms with Gasteiger partial charge in [-0.25, -0.2) is 4.98 Å². The first kappa shape index (κ1) is 12.1. The molecule has 0 spiro atoms. The van der Waals surface area contributed by atoms with E-state index in [0.29, 0.717) is 11.3 Å². The lowest BCUT2D eigenvalue weighted by Crippen LogP contribution is -2.56. The van der Waals surface area contributed by atoms with Crippen LogP contribution in [0.15, 0.2) is 29.0 Å². The molecule has 0 unspecified atom stereocenters. The second kappa shape index (κ2) is 4.32. The topological polar surface area (TPSA) is 75.8 Å². The van der Waals surface area contributed by atoms with Gasteiger partial charge in [-0.1, -0.05) is 0 Å². The summed E-state index contributed by atoms with van der Waals surface area (Å²) in [6.45, 7) is 0.315. The van der Waals surface area contributed by atoms with E-state index >= 15 is 0 Å². The lowest BCUT2D eigenvalue weighted by atomic mass is 9.85. The van der Waals surface area contributed by atoms with Crippen molar-refractivity contribution in [3.63, 3.8) is 0 Å². The minimum atomic E-state index is -0.800. The highest BCUT2D eigenvalue weighted by atomic mass is 16.5. The molecule has 0 atom stereocenters. The minimum Gasteiger partial charge on any atom is -0.443 e. The molecule has 1 amide bonds. The zero-order valence-corrected chi connectivity index (χ0v) is 10.5. The van der Waals surface area contributed by atoms with Gasteiger partial charge in [0, 0.05) is 18.8 Å². The zero-order chi connectivity index (χ0) is 13.5. The van der Waals surface area contributed by atoms with Crippen LogP contribution < -0.4 is 4.90 Å². The zero-order valence-electron chi connectivity index (χ0n) is 10.5. The highest BCUT2D eigenvalue weighted by Gasteiger charge is 2.47. The van der Waals surface area contributed by atoms with Gasteiger partial charge in [0.15, 0.2) is 12.0 Å². The van der Waals surface area contributed by atoms with Gasteiger partial charge in [-0.15, -0.1) is 0 Å². The number of rotatable bonds is 3. The van der Waals surface area contributed by atoms with E-state index in [2.05, 4.69) is 4.98 Å². The van der Waals surface area contributed by atoms with Crippen molar-refractivity contribution in [2.24, 2.45) is 5.41 Å². The number of amides is 1. The molecular formula is C13H14N2O4. The van der Waals surface area contributed by atoms with Crippen LogP contribution in [0, 0.1) is 5.41 Å². The second-order valence-electron chi connectivity index (χ2n) is 4.80. The van der Waals surface area contributed by atoms with Crippen LogP contribution in [0.25, 0.3) is 11.1 Å². The summed E-state index contributed by atoms with van der Waals surface area (Å²) in [5, 5.41) is 9.39. The van der Waals surface area contributed by atoms with Crippen LogP contribution in [0.2, 0.25) is 0 Å². The van der Waals surface area contributed by atoms with Crippen molar-refractivity contribution in [3.8, 4) is 0 Å². The molecule has 0 aliphatic carbocycles. The molecule has 1 aliphatic rings. The first-order valence-corrected chi connectivity index (χ1v) is 5.96. The molecule has 0 saturated carbocycles. The fraction of sp³-hybridized carbons (Fsp3) is 0.385. The monoisotopic (exact) mass is 262 g/mol. The van der Waals surface area contributed by atoms with Crippen molar-refractivity contribution in [2.45, 2.75) is 0 Å². The molecule has 2 heterocycles. The van der Waals surface area contributed by atoms with Crippen LogP contribution in [0.1, 0.15) is 0 Å². The number of benzene rings is 1. The van der Waals surface area contributed by atoms with Crippen LogP contribution in [-0.4, -0.2) is 42.9 Å². The van der Waals surface area contributed by atoms with E-state index < -0.39 is 5.41 Å². The van der Waals surface area contributed by atoms with Gasteiger partial charge >= 0.3 is 0 Å². The third kappa shape index (κ3) is 1.80. The molecule has 100 valence electrons. The summed E-state index contributed by atoms with van der Waals surface area (Å²) < 4.78 is 10.3. The smallest absolute Gasteiger partial charge is 0.239 e. The van der Waals surface area contributed by atoms with Crippen molar-refractivity contribution in [3.05, 3.63) is 24.6 Å². The normalized spacial score (nSPS) is 17.2. The molecule has 1 saturated heterocycles. The molecule has 0 radical (unpaired) electrons. The van der Waals surface area contributed by atoms with Crippen LogP contribution in [-0.2, 0) is 9.53 Å². The maximum Gasteiger partial charge on any atom is 0.239 e. The van der Waals surface area contributed by atoms with Gasteiger partial charge < -0.3 is 19.2 Å². The first-order chi connectivity index (χ1) is 9.16. The molecular weight excluding hydrogens is 248 g/mol. The molecule has 3 rings (SSSR count). The second-order valence-corrected chi connectivity index (χ2v) is 4.80. The molecule has 2 aromatic rings. The Kier molecular flexibility index (Phi) is 2.76. The van der Waals surface area contributed by atoms with Crippen molar-refractivity contribution in [1.29, 1.82) is 0 Å². The molecule has 1 aliphatic heterocycles. The standard InChI is InChI=1S/C13H14N2O4/c1-15(12(17)13(5-16)6-18-7-13)9-2-3-10-11(4-9)19-8-14-10/h2-4,8,16H,5-7H2,1H3. The Bertz CT molecular complexity index is 612. The van der Waals surface area contributed by atoms with E-state index in [1.165, 1.54) is 11.3 Å². The molecule has 1 fully saturated rings. The molecule has 1 N–H and O–H groups in total. The number of oxazole rings is 1. The van der Waals surface area contributed by atoms with E-state index in [0.717, 1.165) is 5.52 Å². The summed E-state index contributed by atoms with van der Waals surface area (Å²) in [5.41, 5.74) is 1.27. The summed E-state index contributed by atoms with van der Waals surface area (Å²) in [4.78, 5) is 17.9. The lowest BCUT2D eigenvalue weighted by molar-refractivity contribution is -0.166. The number of hydrogen-bond acceptors (Lipinski definition) is 5. The number of nitrogens with zero attached hydrogens (tertiary/aromatic N) is 2. The van der Waals surface area contributed by atoms with Gasteiger partial charge in [-0.2, -0.15) is 0 Å². The van der Waals surface area contributed by atoms with E-state index in [1.807, 2.05) is 0 Å². The minimum absolute atomic E-state index is 0.153. The summed E-state index contributed by atoms with van der Waals surface area (Å²) in [6, 6.07) is 5.35. The number of ether oxygens (including phenoxy) is 1. The van der Waals surface area contributed by atoms with Crippen LogP contribution >= 0.6 is 0 Å². The van der Waals surface area contributed by atoms with E-state index in [-0.39, 0.29) is 25.7 Å². The van der Waals surface area contributed by atoms with Gasteiger partial charge in [0.25, 0.3) is 0 Å². The number of fused-ring (bicyclic) bond motifs is 1. The quantitative estimate of drug-likeness (QED) is 0.885. The van der Waals surface area contributed by atoms with Crippen molar-refractivity contribution in [1.82, 2.24) is 4.98 Å². The van der Waals surface area contributed by atoms with Gasteiger partial charge in [0.2, 0.25) is 5.91 Å². The maximum atomic E-state index is 12.4. The molecule has 0 bridgehead atoms. The highest BCUT2D eigenvalue weighted by molar-refractivity contribution is 5.99. The SMILES string of the molecule is CN(C(=O)C1(CO)COC1)c1ccc2ncoc2c1. The summed E-state index contributed by atoms with van der Waals surface area (Å²) in [6.07, 6.45) is 1.37. The Labute approximate surface area is 109 Å². The van der Waals surface area contributed by atoms with Crippen LogP contribution in [0.3, 0.4) is 0 Å². The van der Waals surface area contributed by atoms with Gasteiger partial charge in [-0.05, 0) is 12.1 Å². The predicted octanol–water partition coefficient (Wildman–Crippen LogP) is 0.799. The van der Waals surface area contributed by atoms with Gasteiger partial charge in [-0.3, -0.25) is 4.79 Å². The number of aromatic nitrogens is 1. The van der Waals surface area contributed by atoms with Crippen molar-refractivity contribution < 1.29 is 19.1 Å². The third-order valence-corrected chi connectivity index (χ3v) is 3.52. The van der Waals surface area contributed by atoms with Crippen molar-refractivity contribution >= 4 is 22.7 Å². The van der Waals surface area contributed by atoms with Crippen LogP contribution in [0.5, 0.6) is 0 Å². The van der Waals surface area contributed by atoms with Crippen molar-refractivity contribution in [2.75, 3.05) is 31.8 Å². The fourth-order valence-corrected chi connectivity index (χ4v) is 2.16. The average molecular weight is 262 g/mol. The first-order valence-electron chi connectivity index (χ1n) is 5.96. The van der Waals surface area contributed by atoms with E-state index in [9.17, 15) is 9.90 Å². The third-order valence-electron chi connectivity index (χ3n) is 3.52. The predicted molar refractivity (Wildman–Crippen MR) is 67.8 cm³/mol. The van der Waals surface area contributed by atoms with Gasteiger partial charge in [0.1, 0.15) is 10.9 Å². The average Bonchev–Trinajstić information content (AvgIpc) is 2.84. The number of carbonyl (C=O) groups excluding carboxylic acids is 1. The Morgan fingerprint density at radius 3 is 2.95 bits per heavy atom. The van der Waals surface area contributed by atoms with E-state index in [4.69, 9.17) is 9.15 Å². The van der Waals surface area contributed by atoms with E-state index in [1.54, 1.807) is 25.2 Å². The molecule has 1 aromatic heterocycles. The largest absolute Gasteiger partial charge is 0.443 e. The fourth-order valence-electron chi connectivity index (χ4n) is 2.16. The Morgan fingerprint density at radius 1 is 1.53 bits per heavy atom. The Hall–Kier alpha value is -1.92. The van der Waals surface area contributed by atoms with Gasteiger partial charge in [0.05, 0.1) is 19.8 Å². The van der Waals surface area contributed by atoms with Crippen LogP contribution in [0.4, 0.5) is 5.69 Å². The molecule has 1 aromatic carbocycles. The molecule has 19 heavy (non-hydrogen) atoms. The summed E-state index contributed by atoms with van der Waals surface area (Å²) in [7, 11) is 1.68. The molecule has 6 heteroatoms. The summed E-state index contributed by atoms with van der Waals surface area (Å²) >= 11 is 0. The number of aliphatic hydroxyl groups is 1. The highest BCUT2D eigenvalue weighted by Crippen LogP contribution is 2.31. The lowest BCUT2D eigenvalue weighted by Gasteiger charge is -2.40. The number of aliphatic hydroxyl groups excluding tert-OH is 1. The Balaban J connectivity index is 1.90. The number of anilines is 1. The molecule has 6 nitrogen and oxygen atoms in total. The summed E-state index contributed by atoms with van der Waals surface area (Å²) in [5.74, 6) is -0.153. The Morgan fingerprint density at radius 2 is 2.32 bits per heavy atom. The maximum absolute atomic E-state index is 12.4. The number of hydrogen-bond donors (Lipinski definition) is 1. The number of carbonyl (C=O) groups is 1.